The molecular weight excluding hydrogens is 193 g/mol. The van der Waals surface area contributed by atoms with E-state index in [1.165, 1.54) is 12.1 Å². The molecule has 13 heavy (non-hydrogen) atoms. The first-order valence-electron chi connectivity index (χ1n) is 3.90. The molecule has 1 aromatic carbocycles. The van der Waals surface area contributed by atoms with Crippen LogP contribution in [-0.4, -0.2) is 19.0 Å². The van der Waals surface area contributed by atoms with Gasteiger partial charge in [-0.3, -0.25) is 0 Å². The fraction of sp³-hybridized carbons (Fsp3) is 0.222. The Morgan fingerprint density at radius 1 is 1.46 bits per heavy atom. The average molecular weight is 200 g/mol. The first kappa shape index (κ1) is 8.51. The maximum atomic E-state index is 13.0. The van der Waals surface area contributed by atoms with Gasteiger partial charge in [0.25, 0.3) is 0 Å². The van der Waals surface area contributed by atoms with Crippen LogP contribution in [0.5, 0.6) is 0 Å². The molecule has 1 aliphatic rings. The number of ether oxygens (including phenoxy) is 1. The van der Waals surface area contributed by atoms with E-state index in [0.29, 0.717) is 24.6 Å². The average Bonchev–Trinajstić information content (AvgIpc) is 2.62. The van der Waals surface area contributed by atoms with Gasteiger partial charge in [-0.1, -0.05) is 11.6 Å². The highest BCUT2D eigenvalue weighted by Crippen LogP contribution is 2.17. The largest absolute Gasteiger partial charge is 0.476 e. The number of hydrogen-bond donors (Lipinski definition) is 0. The molecule has 0 aliphatic carbocycles. The van der Waals surface area contributed by atoms with E-state index >= 15 is 0 Å². The Hall–Kier alpha value is -1.09. The van der Waals surface area contributed by atoms with Crippen molar-refractivity contribution < 1.29 is 9.13 Å². The van der Waals surface area contributed by atoms with Crippen molar-refractivity contribution in [1.29, 1.82) is 0 Å². The van der Waals surface area contributed by atoms with Gasteiger partial charge in [0, 0.05) is 5.56 Å². The van der Waals surface area contributed by atoms with Gasteiger partial charge in [0.15, 0.2) is 0 Å². The molecule has 0 bridgehead atoms. The van der Waals surface area contributed by atoms with Gasteiger partial charge in [-0.2, -0.15) is 0 Å². The summed E-state index contributed by atoms with van der Waals surface area (Å²) in [6, 6.07) is 4.51. The summed E-state index contributed by atoms with van der Waals surface area (Å²) in [5.41, 5.74) is 0.638. The molecule has 0 fully saturated rings. The van der Waals surface area contributed by atoms with E-state index in [4.69, 9.17) is 16.3 Å². The third-order valence-corrected chi connectivity index (χ3v) is 2.06. The van der Waals surface area contributed by atoms with Crippen molar-refractivity contribution in [1.82, 2.24) is 0 Å². The molecule has 0 N–H and O–H groups in total. The molecule has 0 unspecified atom stereocenters. The van der Waals surface area contributed by atoms with Crippen LogP contribution in [0.2, 0.25) is 5.02 Å². The van der Waals surface area contributed by atoms with Gasteiger partial charge in [0.2, 0.25) is 5.90 Å². The number of halogens is 2. The molecule has 2 rings (SSSR count). The van der Waals surface area contributed by atoms with Crippen LogP contribution < -0.4 is 0 Å². The Morgan fingerprint density at radius 3 is 2.92 bits per heavy atom. The monoisotopic (exact) mass is 199 g/mol. The zero-order valence-corrected chi connectivity index (χ0v) is 7.51. The maximum absolute atomic E-state index is 13.0. The quantitative estimate of drug-likeness (QED) is 0.680. The van der Waals surface area contributed by atoms with Crippen LogP contribution in [0.3, 0.4) is 0 Å². The summed E-state index contributed by atoms with van der Waals surface area (Å²) in [5, 5.41) is 0.113. The standard InChI is InChI=1S/C9H7ClFNO/c10-7-2-1-6(5-8(7)11)9-12-3-4-13-9/h1-2,5H,3-4H2. The lowest BCUT2D eigenvalue weighted by molar-refractivity contribution is 0.348. The minimum absolute atomic E-state index is 0.113. The van der Waals surface area contributed by atoms with Crippen molar-refractivity contribution in [3.8, 4) is 0 Å². The van der Waals surface area contributed by atoms with Crippen molar-refractivity contribution in [2.45, 2.75) is 0 Å². The zero-order valence-electron chi connectivity index (χ0n) is 6.76. The van der Waals surface area contributed by atoms with Gasteiger partial charge in [0.05, 0.1) is 11.6 Å². The SMILES string of the molecule is Fc1cc(C2=NCCO2)ccc1Cl. The molecule has 0 radical (unpaired) electrons. The van der Waals surface area contributed by atoms with E-state index in [0.717, 1.165) is 0 Å². The van der Waals surface area contributed by atoms with Crippen molar-refractivity contribution in [3.63, 3.8) is 0 Å². The van der Waals surface area contributed by atoms with E-state index in [-0.39, 0.29) is 5.02 Å². The second-order valence-corrected chi connectivity index (χ2v) is 3.07. The summed E-state index contributed by atoms with van der Waals surface area (Å²) < 4.78 is 18.2. The molecule has 68 valence electrons. The Kier molecular flexibility index (Phi) is 2.19. The highest BCUT2D eigenvalue weighted by Gasteiger charge is 2.11. The Bertz CT molecular complexity index is 365. The van der Waals surface area contributed by atoms with Crippen LogP contribution in [0.25, 0.3) is 0 Å². The fourth-order valence-electron chi connectivity index (χ4n) is 1.14. The summed E-state index contributed by atoms with van der Waals surface area (Å²) in [6.07, 6.45) is 0. The molecule has 0 atom stereocenters. The molecule has 1 heterocycles. The van der Waals surface area contributed by atoms with E-state index in [2.05, 4.69) is 4.99 Å². The van der Waals surface area contributed by atoms with Crippen LogP contribution in [0.1, 0.15) is 5.56 Å². The molecule has 0 saturated carbocycles. The third-order valence-electron chi connectivity index (χ3n) is 1.75. The third kappa shape index (κ3) is 1.65. The summed E-state index contributed by atoms with van der Waals surface area (Å²) in [4.78, 5) is 4.06. The molecule has 0 spiro atoms. The van der Waals surface area contributed by atoms with Gasteiger partial charge in [-0.15, -0.1) is 0 Å². The van der Waals surface area contributed by atoms with Gasteiger partial charge >= 0.3 is 0 Å². The highest BCUT2D eigenvalue weighted by atomic mass is 35.5. The second kappa shape index (κ2) is 3.34. The topological polar surface area (TPSA) is 21.6 Å². The van der Waals surface area contributed by atoms with Crippen molar-refractivity contribution in [2.24, 2.45) is 4.99 Å². The first-order chi connectivity index (χ1) is 6.27. The highest BCUT2D eigenvalue weighted by molar-refractivity contribution is 6.30. The Balaban J connectivity index is 2.36. The van der Waals surface area contributed by atoms with E-state index < -0.39 is 5.82 Å². The lowest BCUT2D eigenvalue weighted by Crippen LogP contribution is -2.01. The first-order valence-corrected chi connectivity index (χ1v) is 4.28. The van der Waals surface area contributed by atoms with Gasteiger partial charge < -0.3 is 4.74 Å². The molecular formula is C9H7ClFNO. The van der Waals surface area contributed by atoms with Crippen LogP contribution in [-0.2, 0) is 4.74 Å². The summed E-state index contributed by atoms with van der Waals surface area (Å²) in [6.45, 7) is 1.21. The van der Waals surface area contributed by atoms with Gasteiger partial charge in [0.1, 0.15) is 12.4 Å². The maximum Gasteiger partial charge on any atom is 0.216 e. The van der Waals surface area contributed by atoms with Gasteiger partial charge in [-0.05, 0) is 18.2 Å². The molecule has 0 aromatic heterocycles. The number of aliphatic imine (C=N–C) groups is 1. The van der Waals surface area contributed by atoms with Crippen LogP contribution in [0, 0.1) is 5.82 Å². The minimum Gasteiger partial charge on any atom is -0.476 e. The van der Waals surface area contributed by atoms with Crippen LogP contribution in [0.15, 0.2) is 23.2 Å². The lowest BCUT2D eigenvalue weighted by Gasteiger charge is -2.01. The molecule has 1 aromatic rings. The normalized spacial score (nSPS) is 15.4. The number of hydrogen-bond acceptors (Lipinski definition) is 2. The van der Waals surface area contributed by atoms with E-state index in [1.54, 1.807) is 6.07 Å². The van der Waals surface area contributed by atoms with Crippen LogP contribution in [0.4, 0.5) is 4.39 Å². The summed E-state index contributed by atoms with van der Waals surface area (Å²) in [7, 11) is 0. The predicted molar refractivity (Wildman–Crippen MR) is 48.8 cm³/mol. The molecule has 0 amide bonds. The molecule has 1 aliphatic heterocycles. The molecule has 0 saturated heterocycles. The van der Waals surface area contributed by atoms with Crippen molar-refractivity contribution >= 4 is 17.5 Å². The number of nitrogens with zero attached hydrogens (tertiary/aromatic N) is 1. The van der Waals surface area contributed by atoms with E-state index in [9.17, 15) is 4.39 Å². The van der Waals surface area contributed by atoms with Gasteiger partial charge in [-0.25, -0.2) is 9.38 Å². The zero-order chi connectivity index (χ0) is 9.26. The second-order valence-electron chi connectivity index (χ2n) is 2.66. The lowest BCUT2D eigenvalue weighted by atomic mass is 10.2. The number of benzene rings is 1. The fourth-order valence-corrected chi connectivity index (χ4v) is 1.26. The summed E-state index contributed by atoms with van der Waals surface area (Å²) in [5.74, 6) is 0.0490. The minimum atomic E-state index is -0.447. The summed E-state index contributed by atoms with van der Waals surface area (Å²) >= 11 is 5.53. The Morgan fingerprint density at radius 2 is 2.31 bits per heavy atom. The molecule has 4 heteroatoms. The Labute approximate surface area is 80.0 Å². The predicted octanol–water partition coefficient (Wildman–Crippen LogP) is 2.26. The van der Waals surface area contributed by atoms with Crippen molar-refractivity contribution in [2.75, 3.05) is 13.2 Å². The smallest absolute Gasteiger partial charge is 0.216 e. The van der Waals surface area contributed by atoms with Crippen LogP contribution >= 0.6 is 11.6 Å². The number of rotatable bonds is 1. The molecule has 2 nitrogen and oxygen atoms in total. The van der Waals surface area contributed by atoms with E-state index in [1.807, 2.05) is 0 Å². The van der Waals surface area contributed by atoms with Crippen molar-refractivity contribution in [3.05, 3.63) is 34.6 Å².